The van der Waals surface area contributed by atoms with E-state index in [1.165, 1.54) is 6.07 Å². The summed E-state index contributed by atoms with van der Waals surface area (Å²) in [6.45, 7) is 0. The molecule has 23 heavy (non-hydrogen) atoms. The first-order valence-corrected chi connectivity index (χ1v) is 5.99. The fourth-order valence-corrected chi connectivity index (χ4v) is 1.58. The van der Waals surface area contributed by atoms with Crippen molar-refractivity contribution in [2.75, 3.05) is 10.6 Å². The van der Waals surface area contributed by atoms with Crippen LogP contribution in [0.25, 0.3) is 0 Å². The molecule has 118 valence electrons. The predicted molar refractivity (Wildman–Crippen MR) is 76.6 cm³/mol. The molecule has 11 heteroatoms. The van der Waals surface area contributed by atoms with Gasteiger partial charge in [0.25, 0.3) is 5.69 Å². The number of nitro groups is 2. The highest BCUT2D eigenvalue weighted by molar-refractivity contribution is 5.99. The Kier molecular flexibility index (Phi) is 4.40. The molecule has 1 aromatic heterocycles. The molecule has 0 atom stereocenters. The molecule has 0 radical (unpaired) electrons. The number of rotatable bonds is 4. The van der Waals surface area contributed by atoms with E-state index in [0.717, 1.165) is 30.5 Å². The predicted octanol–water partition coefficient (Wildman–Crippen LogP) is 2.68. The van der Waals surface area contributed by atoms with Gasteiger partial charge in [0, 0.05) is 17.8 Å². The number of aromatic nitrogens is 1. The zero-order chi connectivity index (χ0) is 17.0. The lowest BCUT2D eigenvalue weighted by Gasteiger charge is -2.07. The van der Waals surface area contributed by atoms with E-state index in [-0.39, 0.29) is 17.2 Å². The highest BCUT2D eigenvalue weighted by atomic mass is 19.1. The van der Waals surface area contributed by atoms with Crippen LogP contribution in [0.4, 0.5) is 32.1 Å². The molecule has 0 aliphatic heterocycles. The van der Waals surface area contributed by atoms with E-state index in [0.29, 0.717) is 0 Å². The van der Waals surface area contributed by atoms with Crippen LogP contribution in [-0.4, -0.2) is 20.9 Å². The standard InChI is InChI=1S/C12H8FN5O5/c13-9-3-1-7(5-10(9)18(22)23)15-12(19)16-11-4-2-8(6-14-11)17(20)21/h1-6H,(H2,14,15,16,19). The monoisotopic (exact) mass is 321 g/mol. The first-order chi connectivity index (χ1) is 10.9. The number of pyridine rings is 1. The van der Waals surface area contributed by atoms with Crippen molar-refractivity contribution in [3.63, 3.8) is 0 Å². The molecular formula is C12H8FN5O5. The van der Waals surface area contributed by atoms with Crippen molar-refractivity contribution in [3.8, 4) is 0 Å². The molecular weight excluding hydrogens is 313 g/mol. The number of anilines is 2. The van der Waals surface area contributed by atoms with Crippen LogP contribution in [-0.2, 0) is 0 Å². The maximum absolute atomic E-state index is 13.2. The number of amides is 2. The number of nitrogens with zero attached hydrogens (tertiary/aromatic N) is 3. The summed E-state index contributed by atoms with van der Waals surface area (Å²) in [5.74, 6) is -0.997. The Morgan fingerprint density at radius 1 is 1.09 bits per heavy atom. The molecule has 0 aliphatic carbocycles. The van der Waals surface area contributed by atoms with Crippen LogP contribution >= 0.6 is 0 Å². The van der Waals surface area contributed by atoms with Gasteiger partial charge in [-0.25, -0.2) is 9.78 Å². The van der Waals surface area contributed by atoms with Crippen LogP contribution in [0, 0.1) is 26.0 Å². The number of carbonyl (C=O) groups excluding carboxylic acids is 1. The van der Waals surface area contributed by atoms with Gasteiger partial charge in [-0.15, -0.1) is 0 Å². The van der Waals surface area contributed by atoms with Gasteiger partial charge in [-0.1, -0.05) is 0 Å². The number of hydrogen-bond acceptors (Lipinski definition) is 6. The third kappa shape index (κ3) is 3.93. The minimum atomic E-state index is -1.03. The maximum atomic E-state index is 13.2. The van der Waals surface area contributed by atoms with Crippen molar-refractivity contribution in [2.45, 2.75) is 0 Å². The van der Waals surface area contributed by atoms with E-state index in [4.69, 9.17) is 0 Å². The van der Waals surface area contributed by atoms with Crippen molar-refractivity contribution < 1.29 is 19.0 Å². The number of nitro benzene ring substituents is 1. The fourth-order valence-electron chi connectivity index (χ4n) is 1.58. The van der Waals surface area contributed by atoms with Crippen LogP contribution < -0.4 is 10.6 Å². The van der Waals surface area contributed by atoms with Crippen molar-refractivity contribution in [1.29, 1.82) is 0 Å². The molecule has 0 unspecified atom stereocenters. The van der Waals surface area contributed by atoms with Gasteiger partial charge in [-0.05, 0) is 18.2 Å². The van der Waals surface area contributed by atoms with Gasteiger partial charge in [0.15, 0.2) is 0 Å². The second-order valence-corrected chi connectivity index (χ2v) is 4.16. The number of benzene rings is 1. The van der Waals surface area contributed by atoms with Crippen molar-refractivity contribution in [3.05, 3.63) is 62.6 Å². The highest BCUT2D eigenvalue weighted by Gasteiger charge is 2.15. The number of hydrogen-bond donors (Lipinski definition) is 2. The summed E-state index contributed by atoms with van der Waals surface area (Å²) >= 11 is 0. The molecule has 2 aromatic rings. The van der Waals surface area contributed by atoms with Crippen molar-refractivity contribution >= 4 is 28.9 Å². The van der Waals surface area contributed by atoms with Crippen LogP contribution in [0.3, 0.4) is 0 Å². The third-order valence-electron chi connectivity index (χ3n) is 2.60. The smallest absolute Gasteiger partial charge is 0.307 e. The second kappa shape index (κ2) is 6.43. The van der Waals surface area contributed by atoms with Crippen molar-refractivity contribution in [1.82, 2.24) is 4.98 Å². The summed E-state index contributed by atoms with van der Waals surface area (Å²) in [5, 5.41) is 25.6. The van der Waals surface area contributed by atoms with E-state index in [1.54, 1.807) is 0 Å². The lowest BCUT2D eigenvalue weighted by molar-refractivity contribution is -0.387. The van der Waals surface area contributed by atoms with Crippen LogP contribution in [0.2, 0.25) is 0 Å². The molecule has 0 saturated carbocycles. The summed E-state index contributed by atoms with van der Waals surface area (Å²) in [5.41, 5.74) is -1.03. The number of halogens is 1. The van der Waals surface area contributed by atoms with Crippen LogP contribution in [0.15, 0.2) is 36.5 Å². The average molecular weight is 321 g/mol. The van der Waals surface area contributed by atoms with Gasteiger partial charge in [-0.2, -0.15) is 4.39 Å². The van der Waals surface area contributed by atoms with E-state index < -0.39 is 27.4 Å². The minimum absolute atomic E-state index is 0.00230. The highest BCUT2D eigenvalue weighted by Crippen LogP contribution is 2.21. The molecule has 0 spiro atoms. The van der Waals surface area contributed by atoms with Gasteiger partial charge in [0.1, 0.15) is 12.0 Å². The number of nitrogens with one attached hydrogen (secondary N) is 2. The van der Waals surface area contributed by atoms with Crippen molar-refractivity contribution in [2.24, 2.45) is 0 Å². The summed E-state index contributed by atoms with van der Waals surface area (Å²) in [4.78, 5) is 34.9. The van der Waals surface area contributed by atoms with Crippen LogP contribution in [0.1, 0.15) is 0 Å². The molecule has 2 N–H and O–H groups in total. The molecule has 0 bridgehead atoms. The van der Waals surface area contributed by atoms with Gasteiger partial charge in [-0.3, -0.25) is 25.5 Å². The Morgan fingerprint density at radius 3 is 2.39 bits per heavy atom. The lowest BCUT2D eigenvalue weighted by Crippen LogP contribution is -2.20. The largest absolute Gasteiger partial charge is 0.324 e. The summed E-state index contributed by atoms with van der Waals surface area (Å²) < 4.78 is 13.2. The minimum Gasteiger partial charge on any atom is -0.307 e. The maximum Gasteiger partial charge on any atom is 0.324 e. The molecule has 1 heterocycles. The lowest BCUT2D eigenvalue weighted by atomic mass is 10.2. The summed E-state index contributed by atoms with van der Waals surface area (Å²) in [7, 11) is 0. The first-order valence-electron chi connectivity index (χ1n) is 5.99. The Hall–Kier alpha value is -3.63. The van der Waals surface area contributed by atoms with Gasteiger partial charge in [0.2, 0.25) is 5.82 Å². The molecule has 1 aromatic carbocycles. The summed E-state index contributed by atoms with van der Waals surface area (Å²) in [6.07, 6.45) is 0.957. The summed E-state index contributed by atoms with van der Waals surface area (Å²) in [6, 6.07) is 4.41. The molecule has 0 aliphatic rings. The molecule has 2 amide bonds. The molecule has 10 nitrogen and oxygen atoms in total. The Labute approximate surface area is 127 Å². The molecule has 2 rings (SSSR count). The zero-order valence-corrected chi connectivity index (χ0v) is 11.2. The number of urea groups is 1. The second-order valence-electron chi connectivity index (χ2n) is 4.16. The van der Waals surface area contributed by atoms with Gasteiger partial charge in [0.05, 0.1) is 9.85 Å². The normalized spacial score (nSPS) is 9.96. The Balaban J connectivity index is 2.06. The first kappa shape index (κ1) is 15.8. The van der Waals surface area contributed by atoms with Gasteiger partial charge >= 0.3 is 11.7 Å². The Morgan fingerprint density at radius 2 is 1.83 bits per heavy atom. The average Bonchev–Trinajstić information content (AvgIpc) is 2.49. The van der Waals surface area contributed by atoms with Gasteiger partial charge < -0.3 is 5.32 Å². The Bertz CT molecular complexity index is 780. The van der Waals surface area contributed by atoms with E-state index in [1.807, 2.05) is 0 Å². The van der Waals surface area contributed by atoms with E-state index in [2.05, 4.69) is 15.6 Å². The number of carbonyl (C=O) groups is 1. The van der Waals surface area contributed by atoms with E-state index in [9.17, 15) is 29.4 Å². The topological polar surface area (TPSA) is 140 Å². The molecule has 0 saturated heterocycles. The quantitative estimate of drug-likeness (QED) is 0.655. The zero-order valence-electron chi connectivity index (χ0n) is 11.2. The van der Waals surface area contributed by atoms with Crippen LogP contribution in [0.5, 0.6) is 0 Å². The third-order valence-corrected chi connectivity index (χ3v) is 2.60. The SMILES string of the molecule is O=C(Nc1ccc(F)c([N+](=O)[O-])c1)Nc1ccc([N+](=O)[O-])cn1. The van der Waals surface area contributed by atoms with E-state index >= 15 is 0 Å². The molecule has 0 fully saturated rings. The fraction of sp³-hybridized carbons (Fsp3) is 0.